The summed E-state index contributed by atoms with van der Waals surface area (Å²) in [5, 5.41) is 23.4. The first kappa shape index (κ1) is 54.3. The number of fused-ring (bicyclic) bond motifs is 3. The Morgan fingerprint density at radius 1 is 0.846 bits per heavy atom. The predicted molar refractivity (Wildman–Crippen MR) is 248 cm³/mol. The van der Waals surface area contributed by atoms with E-state index >= 15 is 0 Å². The van der Waals surface area contributed by atoms with E-state index in [2.05, 4.69) is 6.92 Å². The molecule has 13 heteroatoms. The number of aliphatic hydroxyl groups is 2. The van der Waals surface area contributed by atoms with E-state index in [0.29, 0.717) is 56.4 Å². The quantitative estimate of drug-likeness (QED) is 0.153. The van der Waals surface area contributed by atoms with E-state index in [0.717, 1.165) is 24.8 Å². The lowest BCUT2D eigenvalue weighted by atomic mass is 9.76. The van der Waals surface area contributed by atoms with Crippen molar-refractivity contribution >= 4 is 29.2 Å². The number of hydrogen-bond donors (Lipinski definition) is 2. The molecule has 3 aliphatic heterocycles. The normalized spacial score (nSPS) is 40.4. The van der Waals surface area contributed by atoms with Crippen molar-refractivity contribution in [3.05, 3.63) is 47.6 Å². The molecule has 3 fully saturated rings. The van der Waals surface area contributed by atoms with Crippen molar-refractivity contribution in [3.8, 4) is 0 Å². The molecule has 366 valence electrons. The number of aliphatic hydroxyl groups excluding tert-OH is 1. The van der Waals surface area contributed by atoms with Crippen molar-refractivity contribution in [2.45, 2.75) is 181 Å². The molecule has 0 radical (unpaired) electrons. The number of nitrogens with zero attached hydrogens (tertiary/aromatic N) is 1. The monoisotopic (exact) mass is 912 g/mol. The SMILES string of the molecule is CO[C@H]1C[C@@H]2CC[C@@H](C)C(O)(O2)C(=O)C(=O)N2CCCC[C@H]2C(=O)O[C@H]([C@H](C)C[C@@H]2CC[C@H](C)[C@H](OC)C2)CC(=O)[C@H](C)/C=C(\C)[C@@H](O)[C@@H](OC)C(=O)[C@@H](C)CC(C)/C=C/C=C/C=C/1C. The first-order valence-corrected chi connectivity index (χ1v) is 24.2. The van der Waals surface area contributed by atoms with Gasteiger partial charge in [0, 0.05) is 58.5 Å². The summed E-state index contributed by atoms with van der Waals surface area (Å²) in [7, 11) is 4.70. The van der Waals surface area contributed by atoms with Gasteiger partial charge in [-0.25, -0.2) is 4.79 Å². The van der Waals surface area contributed by atoms with Crippen LogP contribution in [0.2, 0.25) is 0 Å². The maximum Gasteiger partial charge on any atom is 0.329 e. The number of hydrogen-bond acceptors (Lipinski definition) is 12. The van der Waals surface area contributed by atoms with Gasteiger partial charge in [0.05, 0.1) is 18.3 Å². The molecule has 2 saturated heterocycles. The summed E-state index contributed by atoms with van der Waals surface area (Å²) in [6.07, 6.45) is 13.6. The van der Waals surface area contributed by atoms with Gasteiger partial charge in [-0.05, 0) is 113 Å². The molecule has 1 amide bonds. The molecule has 0 spiro atoms. The van der Waals surface area contributed by atoms with Gasteiger partial charge in [-0.2, -0.15) is 0 Å². The van der Waals surface area contributed by atoms with Crippen LogP contribution in [-0.2, 0) is 47.7 Å². The first-order valence-electron chi connectivity index (χ1n) is 24.2. The number of methoxy groups -OCH3 is 3. The Balaban J connectivity index is 1.70. The molecule has 2 N–H and O–H groups in total. The van der Waals surface area contributed by atoms with Gasteiger partial charge in [-0.3, -0.25) is 19.2 Å². The number of ketones is 3. The van der Waals surface area contributed by atoms with Crippen molar-refractivity contribution in [1.29, 1.82) is 0 Å². The maximum absolute atomic E-state index is 14.4. The zero-order chi connectivity index (χ0) is 48.2. The number of rotatable bonds is 6. The number of amides is 1. The van der Waals surface area contributed by atoms with E-state index in [1.807, 2.05) is 58.1 Å². The minimum Gasteiger partial charge on any atom is -0.460 e. The number of carbonyl (C=O) groups is 5. The second-order valence-corrected chi connectivity index (χ2v) is 20.0. The highest BCUT2D eigenvalue weighted by molar-refractivity contribution is 6.39. The maximum atomic E-state index is 14.4. The summed E-state index contributed by atoms with van der Waals surface area (Å²) < 4.78 is 29.7. The Bertz CT molecular complexity index is 1750. The topological polar surface area (TPSA) is 175 Å². The van der Waals surface area contributed by atoms with Gasteiger partial charge in [-0.1, -0.05) is 78.0 Å². The molecule has 1 saturated carbocycles. The zero-order valence-corrected chi connectivity index (χ0v) is 41.2. The number of allylic oxidation sites excluding steroid dienone is 6. The van der Waals surface area contributed by atoms with Crippen molar-refractivity contribution in [1.82, 2.24) is 4.90 Å². The summed E-state index contributed by atoms with van der Waals surface area (Å²) in [5.41, 5.74) is 1.30. The molecule has 3 heterocycles. The van der Waals surface area contributed by atoms with E-state index in [-0.39, 0.29) is 54.8 Å². The zero-order valence-electron chi connectivity index (χ0n) is 41.2. The number of piperidine rings is 1. The van der Waals surface area contributed by atoms with Gasteiger partial charge in [0.1, 0.15) is 30.1 Å². The molecule has 1 aliphatic carbocycles. The van der Waals surface area contributed by atoms with Crippen molar-refractivity contribution in [3.63, 3.8) is 0 Å². The Morgan fingerprint density at radius 2 is 1.57 bits per heavy atom. The van der Waals surface area contributed by atoms with Crippen LogP contribution in [0.3, 0.4) is 0 Å². The third-order valence-electron chi connectivity index (χ3n) is 14.8. The van der Waals surface area contributed by atoms with Crippen LogP contribution < -0.4 is 0 Å². The van der Waals surface area contributed by atoms with Gasteiger partial charge < -0.3 is 38.8 Å². The number of ether oxygens (including phenoxy) is 5. The molecular weight excluding hydrogens is 831 g/mol. The smallest absolute Gasteiger partial charge is 0.329 e. The van der Waals surface area contributed by atoms with Gasteiger partial charge in [0.15, 0.2) is 5.78 Å². The van der Waals surface area contributed by atoms with Crippen LogP contribution in [0.15, 0.2) is 47.6 Å². The van der Waals surface area contributed by atoms with E-state index < -0.39 is 77.8 Å². The Hall–Kier alpha value is -3.33. The molecule has 0 aromatic rings. The third kappa shape index (κ3) is 14.3. The summed E-state index contributed by atoms with van der Waals surface area (Å²) in [6.45, 7) is 15.1. The number of Topliss-reactive ketones (excluding diaryl/α,β-unsaturated/α-hetero) is 3. The van der Waals surface area contributed by atoms with Crippen LogP contribution in [0, 0.1) is 41.4 Å². The predicted octanol–water partition coefficient (Wildman–Crippen LogP) is 7.46. The molecule has 4 rings (SSSR count). The average Bonchev–Trinajstić information content (AvgIpc) is 3.28. The van der Waals surface area contributed by atoms with Crippen LogP contribution in [0.1, 0.15) is 132 Å². The molecule has 2 bridgehead atoms. The molecule has 4 aliphatic rings. The highest BCUT2D eigenvalue weighted by Gasteiger charge is 2.53. The molecule has 0 aromatic carbocycles. The third-order valence-corrected chi connectivity index (χ3v) is 14.8. The molecule has 0 aromatic heterocycles. The van der Waals surface area contributed by atoms with Gasteiger partial charge in [0.2, 0.25) is 5.79 Å². The molecule has 2 unspecified atom stereocenters. The molecular formula is C52H81NO12. The lowest BCUT2D eigenvalue weighted by molar-refractivity contribution is -0.265. The Morgan fingerprint density at radius 3 is 2.25 bits per heavy atom. The van der Waals surface area contributed by atoms with E-state index in [1.54, 1.807) is 41.1 Å². The fourth-order valence-electron chi connectivity index (χ4n) is 10.4. The van der Waals surface area contributed by atoms with Gasteiger partial charge in [-0.15, -0.1) is 0 Å². The van der Waals surface area contributed by atoms with E-state index in [9.17, 15) is 34.2 Å². The minimum atomic E-state index is -2.41. The summed E-state index contributed by atoms with van der Waals surface area (Å²) in [5.74, 6) is -7.07. The fourth-order valence-corrected chi connectivity index (χ4v) is 10.4. The Labute approximate surface area is 388 Å². The van der Waals surface area contributed by atoms with Crippen LogP contribution in [0.25, 0.3) is 0 Å². The van der Waals surface area contributed by atoms with Crippen LogP contribution >= 0.6 is 0 Å². The number of esters is 1. The highest BCUT2D eigenvalue weighted by Crippen LogP contribution is 2.38. The van der Waals surface area contributed by atoms with Crippen molar-refractivity contribution in [2.24, 2.45) is 41.4 Å². The van der Waals surface area contributed by atoms with Gasteiger partial charge in [0.25, 0.3) is 11.7 Å². The largest absolute Gasteiger partial charge is 0.460 e. The number of carbonyl (C=O) groups excluding carboxylic acids is 5. The number of cyclic esters (lactones) is 1. The van der Waals surface area contributed by atoms with Crippen LogP contribution in [0.5, 0.6) is 0 Å². The minimum absolute atomic E-state index is 0.0304. The summed E-state index contributed by atoms with van der Waals surface area (Å²) >= 11 is 0. The van der Waals surface area contributed by atoms with Crippen LogP contribution in [-0.4, -0.2) is 121 Å². The van der Waals surface area contributed by atoms with Gasteiger partial charge >= 0.3 is 5.97 Å². The average molecular weight is 912 g/mol. The summed E-state index contributed by atoms with van der Waals surface area (Å²) in [6, 6.07) is -1.11. The summed E-state index contributed by atoms with van der Waals surface area (Å²) in [4.78, 5) is 71.9. The lowest BCUT2D eigenvalue weighted by Crippen LogP contribution is -2.61. The standard InChI is InChI=1S/C52H81NO12/c1-31-17-13-12-14-18-32(2)44(62-10)29-40-23-21-38(8)52(60,65-40)49(57)50(58)53-24-16-15-19-41(53)51(59)64-45(35(5)27-39-22-20-33(3)43(28-39)61-9)30-42(54)34(4)26-37(7)47(56)48(63-11)46(55)36(6)25-31/h12-14,17-18,26,31,33-36,38-41,43-45,47-48,56,60H,15-16,19-25,27-30H2,1-11H3/b14-12+,17-13+,32-18+,37-26+/t31?,33-,34+,35+,36-,38+,39-,40-,41-,43+,44-,45-,47+,48-,52?/m0/s1. The second kappa shape index (κ2) is 25.2. The molecule has 13 nitrogen and oxygen atoms in total. The van der Waals surface area contributed by atoms with E-state index in [1.165, 1.54) is 12.0 Å². The first-order chi connectivity index (χ1) is 30.7. The Kier molecular flexibility index (Phi) is 21.0. The van der Waals surface area contributed by atoms with E-state index in [4.69, 9.17) is 23.7 Å². The fraction of sp³-hybridized carbons (Fsp3) is 0.750. The second-order valence-electron chi connectivity index (χ2n) is 20.0. The van der Waals surface area contributed by atoms with Crippen molar-refractivity contribution in [2.75, 3.05) is 27.9 Å². The lowest BCUT2D eigenvalue weighted by Gasteiger charge is -2.42. The van der Waals surface area contributed by atoms with Crippen molar-refractivity contribution < 1.29 is 57.9 Å². The highest BCUT2D eigenvalue weighted by atomic mass is 16.6. The molecule has 65 heavy (non-hydrogen) atoms. The van der Waals surface area contributed by atoms with Crippen LogP contribution in [0.4, 0.5) is 0 Å². The molecule has 15 atom stereocenters.